The largest absolute Gasteiger partial charge is 0.416 e. The minimum Gasteiger partial charge on any atom is -0.166 e. The fourth-order valence-corrected chi connectivity index (χ4v) is 4.85. The Hall–Kier alpha value is -1.34. The molecule has 0 spiro atoms. The molecule has 3 rings (SSSR count). The summed E-state index contributed by atoms with van der Waals surface area (Å²) >= 11 is 3.97. The second-order valence-corrected chi connectivity index (χ2v) is 8.24. The third kappa shape index (κ3) is 4.64. The Bertz CT molecular complexity index is 863. The summed E-state index contributed by atoms with van der Waals surface area (Å²) in [5.74, 6) is 0. The number of rotatable bonds is 4. The fourth-order valence-electron chi connectivity index (χ4n) is 2.67. The highest BCUT2D eigenvalue weighted by molar-refractivity contribution is 14.1. The Kier molecular flexibility index (Phi) is 5.53. The Morgan fingerprint density at radius 3 is 2.32 bits per heavy atom. The predicted octanol–water partition coefficient (Wildman–Crippen LogP) is 7.13. The maximum absolute atomic E-state index is 12.7. The van der Waals surface area contributed by atoms with Crippen LogP contribution in [-0.4, -0.2) is 0 Å². The number of hydrogen-bond donors (Lipinski definition) is 0. The van der Waals surface area contributed by atoms with Crippen molar-refractivity contribution in [2.45, 2.75) is 25.9 Å². The molecule has 0 saturated heterocycles. The topological polar surface area (TPSA) is 0 Å². The number of thiophene rings is 1. The second kappa shape index (κ2) is 7.50. The Morgan fingerprint density at radius 2 is 1.68 bits per heavy atom. The lowest BCUT2D eigenvalue weighted by molar-refractivity contribution is -0.137. The van der Waals surface area contributed by atoms with Gasteiger partial charge in [-0.15, -0.1) is 11.3 Å². The average Bonchev–Trinajstić information content (AvgIpc) is 2.93. The monoisotopic (exact) mass is 472 g/mol. The van der Waals surface area contributed by atoms with Crippen molar-refractivity contribution in [3.8, 4) is 10.4 Å². The number of alkyl halides is 3. The molecule has 0 saturated carbocycles. The van der Waals surface area contributed by atoms with E-state index in [9.17, 15) is 13.2 Å². The summed E-state index contributed by atoms with van der Waals surface area (Å²) in [6.45, 7) is 2.08. The van der Waals surface area contributed by atoms with Gasteiger partial charge in [0, 0.05) is 13.3 Å². The van der Waals surface area contributed by atoms with Gasteiger partial charge >= 0.3 is 6.18 Å². The summed E-state index contributed by atoms with van der Waals surface area (Å²) in [5.41, 5.74) is 2.78. The van der Waals surface area contributed by atoms with Gasteiger partial charge in [0.1, 0.15) is 0 Å². The molecule has 0 bridgehead atoms. The molecule has 130 valence electrons. The molecule has 1 aromatic heterocycles. The molecule has 0 radical (unpaired) electrons. The molecule has 1 heterocycles. The van der Waals surface area contributed by atoms with Gasteiger partial charge in [0.2, 0.25) is 0 Å². The third-order valence-corrected chi connectivity index (χ3v) is 6.55. The smallest absolute Gasteiger partial charge is 0.166 e. The van der Waals surface area contributed by atoms with Crippen LogP contribution in [0, 0.1) is 10.5 Å². The van der Waals surface area contributed by atoms with Gasteiger partial charge in [-0.25, -0.2) is 0 Å². The molecule has 0 N–H and O–H groups in total. The van der Waals surface area contributed by atoms with E-state index in [2.05, 4.69) is 59.8 Å². The molecule has 0 fully saturated rings. The first-order valence-corrected chi connectivity index (χ1v) is 9.74. The fraction of sp³-hybridized carbons (Fsp3) is 0.200. The minimum atomic E-state index is -4.29. The van der Waals surface area contributed by atoms with Crippen molar-refractivity contribution in [3.05, 3.63) is 79.7 Å². The molecule has 0 nitrogen and oxygen atoms in total. The van der Waals surface area contributed by atoms with Crippen molar-refractivity contribution in [2.75, 3.05) is 0 Å². The maximum atomic E-state index is 12.7. The lowest BCUT2D eigenvalue weighted by Crippen LogP contribution is -2.03. The first-order valence-electron chi connectivity index (χ1n) is 7.84. The Morgan fingerprint density at radius 1 is 0.960 bits per heavy atom. The van der Waals surface area contributed by atoms with E-state index in [1.54, 1.807) is 23.5 Å². The summed E-state index contributed by atoms with van der Waals surface area (Å²) in [4.78, 5) is 2.29. The zero-order chi connectivity index (χ0) is 18.0. The molecular weight excluding hydrogens is 456 g/mol. The highest BCUT2D eigenvalue weighted by Gasteiger charge is 2.30. The van der Waals surface area contributed by atoms with Gasteiger partial charge in [0.05, 0.1) is 5.56 Å². The van der Waals surface area contributed by atoms with Crippen LogP contribution in [0.25, 0.3) is 10.4 Å². The Labute approximate surface area is 162 Å². The van der Waals surface area contributed by atoms with Crippen molar-refractivity contribution in [2.24, 2.45) is 0 Å². The van der Waals surface area contributed by atoms with Crippen LogP contribution in [0.2, 0.25) is 0 Å². The second-order valence-electron chi connectivity index (χ2n) is 5.95. The van der Waals surface area contributed by atoms with Crippen LogP contribution < -0.4 is 0 Å². The van der Waals surface area contributed by atoms with Crippen LogP contribution in [0.1, 0.15) is 21.6 Å². The van der Waals surface area contributed by atoms with Crippen LogP contribution in [0.5, 0.6) is 0 Å². The summed E-state index contributed by atoms with van der Waals surface area (Å²) in [7, 11) is 0. The van der Waals surface area contributed by atoms with Crippen molar-refractivity contribution in [1.29, 1.82) is 0 Å². The number of halogens is 4. The predicted molar refractivity (Wildman–Crippen MR) is 106 cm³/mol. The summed E-state index contributed by atoms with van der Waals surface area (Å²) < 4.78 is 39.2. The molecule has 25 heavy (non-hydrogen) atoms. The lowest BCUT2D eigenvalue weighted by atomic mass is 10.1. The van der Waals surface area contributed by atoms with E-state index in [0.29, 0.717) is 0 Å². The van der Waals surface area contributed by atoms with Gasteiger partial charge in [-0.05, 0) is 71.7 Å². The van der Waals surface area contributed by atoms with Crippen LogP contribution in [0.15, 0.2) is 54.6 Å². The van der Waals surface area contributed by atoms with Crippen LogP contribution in [0.3, 0.4) is 0 Å². The maximum Gasteiger partial charge on any atom is 0.416 e. The van der Waals surface area contributed by atoms with E-state index >= 15 is 0 Å². The first kappa shape index (κ1) is 18.5. The van der Waals surface area contributed by atoms with Gasteiger partial charge in [-0.1, -0.05) is 42.0 Å². The quantitative estimate of drug-likeness (QED) is 0.355. The SMILES string of the molecule is Cc1cccc(CCc2sc(-c3ccc(C(F)(F)F)cc3)cc2I)c1. The van der Waals surface area contributed by atoms with Crippen molar-refractivity contribution in [3.63, 3.8) is 0 Å². The highest BCUT2D eigenvalue weighted by Crippen LogP contribution is 2.35. The average molecular weight is 472 g/mol. The van der Waals surface area contributed by atoms with Gasteiger partial charge in [-0.2, -0.15) is 13.2 Å². The van der Waals surface area contributed by atoms with Crippen molar-refractivity contribution >= 4 is 33.9 Å². The van der Waals surface area contributed by atoms with Crippen molar-refractivity contribution in [1.82, 2.24) is 0 Å². The summed E-state index contributed by atoms with van der Waals surface area (Å²) in [5, 5.41) is 0. The lowest BCUT2D eigenvalue weighted by Gasteiger charge is -2.06. The molecule has 0 unspecified atom stereocenters. The van der Waals surface area contributed by atoms with Gasteiger partial charge in [0.15, 0.2) is 0 Å². The zero-order valence-corrected chi connectivity index (χ0v) is 16.5. The van der Waals surface area contributed by atoms with E-state index in [4.69, 9.17) is 0 Å². The number of benzene rings is 2. The molecule has 0 amide bonds. The van der Waals surface area contributed by atoms with Crippen molar-refractivity contribution < 1.29 is 13.2 Å². The van der Waals surface area contributed by atoms with Crippen LogP contribution in [0.4, 0.5) is 13.2 Å². The third-order valence-electron chi connectivity index (χ3n) is 3.98. The number of aryl methyl sites for hydroxylation is 3. The Balaban J connectivity index is 1.76. The molecule has 0 atom stereocenters. The number of hydrogen-bond acceptors (Lipinski definition) is 1. The van der Waals surface area contributed by atoms with E-state index in [0.717, 1.165) is 35.4 Å². The molecule has 0 aliphatic heterocycles. The minimum absolute atomic E-state index is 0.609. The van der Waals surface area contributed by atoms with E-state index in [1.165, 1.54) is 19.6 Å². The van der Waals surface area contributed by atoms with Gasteiger partial charge in [-0.3, -0.25) is 0 Å². The van der Waals surface area contributed by atoms with E-state index in [1.807, 2.05) is 0 Å². The first-order chi connectivity index (χ1) is 11.8. The summed E-state index contributed by atoms with van der Waals surface area (Å²) in [6, 6.07) is 15.9. The van der Waals surface area contributed by atoms with E-state index < -0.39 is 11.7 Å². The highest BCUT2D eigenvalue weighted by atomic mass is 127. The molecule has 0 aliphatic rings. The summed E-state index contributed by atoms with van der Waals surface area (Å²) in [6.07, 6.45) is -2.39. The standard InChI is InChI=1S/C20H16F3IS/c1-13-3-2-4-14(11-13)5-10-18-17(24)12-19(25-18)15-6-8-16(9-7-15)20(21,22)23/h2-4,6-9,11-12H,5,10H2,1H3. The van der Waals surface area contributed by atoms with E-state index in [-0.39, 0.29) is 0 Å². The van der Waals surface area contributed by atoms with Crippen LogP contribution >= 0.6 is 33.9 Å². The molecular formula is C20H16F3IS. The molecule has 5 heteroatoms. The molecule has 0 aliphatic carbocycles. The zero-order valence-electron chi connectivity index (χ0n) is 13.5. The van der Waals surface area contributed by atoms with Gasteiger partial charge in [0.25, 0.3) is 0 Å². The van der Waals surface area contributed by atoms with Crippen LogP contribution in [-0.2, 0) is 19.0 Å². The molecule has 2 aromatic carbocycles. The molecule has 3 aromatic rings. The van der Waals surface area contributed by atoms with Gasteiger partial charge < -0.3 is 0 Å². The normalized spacial score (nSPS) is 11.7.